The van der Waals surface area contributed by atoms with Crippen LogP contribution < -0.4 is 19.5 Å². The number of hydrogen-bond acceptors (Lipinski definition) is 8. The Morgan fingerprint density at radius 2 is 1.62 bits per heavy atom. The van der Waals surface area contributed by atoms with Crippen LogP contribution in [0.3, 0.4) is 0 Å². The predicted octanol–water partition coefficient (Wildman–Crippen LogP) is 6.22. The molecule has 0 unspecified atom stereocenters. The Labute approximate surface area is 245 Å². The van der Waals surface area contributed by atoms with E-state index < -0.39 is 11.9 Å². The maximum Gasteiger partial charge on any atom is 0.336 e. The fraction of sp³-hybridized carbons (Fsp3) is 0.212. The first-order chi connectivity index (χ1) is 20.3. The Bertz CT molecular complexity index is 1460. The molecular weight excluding hydrogens is 536 g/mol. The van der Waals surface area contributed by atoms with Crippen LogP contribution in [0.1, 0.15) is 36.5 Å². The highest BCUT2D eigenvalue weighted by atomic mass is 16.5. The number of benzene rings is 3. The number of nitrogens with zero attached hydrogens (tertiary/aromatic N) is 1. The summed E-state index contributed by atoms with van der Waals surface area (Å²) in [5, 5.41) is 2.70. The summed E-state index contributed by atoms with van der Waals surface area (Å²) in [6.07, 6.45) is 7.28. The van der Waals surface area contributed by atoms with Crippen LogP contribution in [-0.2, 0) is 19.1 Å². The highest BCUT2D eigenvalue weighted by molar-refractivity contribution is 5.92. The van der Waals surface area contributed by atoms with Crippen molar-refractivity contribution in [2.24, 2.45) is 4.99 Å². The Morgan fingerprint density at radius 3 is 2.31 bits per heavy atom. The molecule has 0 bridgehead atoms. The lowest BCUT2D eigenvalue weighted by molar-refractivity contribution is -0.138. The molecule has 0 aliphatic heterocycles. The molecule has 0 radical (unpaired) electrons. The van der Waals surface area contributed by atoms with E-state index in [0.717, 1.165) is 35.1 Å². The first kappa shape index (κ1) is 31.3. The molecule has 3 rings (SSSR count). The van der Waals surface area contributed by atoms with Crippen molar-refractivity contribution >= 4 is 41.5 Å². The number of unbranched alkanes of at least 4 members (excludes halogenated alkanes) is 1. The van der Waals surface area contributed by atoms with Gasteiger partial charge in [-0.25, -0.2) is 9.59 Å². The molecule has 0 spiro atoms. The Balaban J connectivity index is 1.50. The lowest BCUT2D eigenvalue weighted by Crippen LogP contribution is -2.07. The topological polar surface area (TPSA) is 113 Å². The molecule has 0 fully saturated rings. The Morgan fingerprint density at radius 1 is 0.905 bits per heavy atom. The van der Waals surface area contributed by atoms with E-state index in [0.29, 0.717) is 42.4 Å². The second kappa shape index (κ2) is 16.2. The van der Waals surface area contributed by atoms with Gasteiger partial charge in [0, 0.05) is 25.3 Å². The van der Waals surface area contributed by atoms with Crippen LogP contribution in [0.2, 0.25) is 0 Å². The highest BCUT2D eigenvalue weighted by Gasteiger charge is 2.07. The van der Waals surface area contributed by atoms with E-state index in [1.807, 2.05) is 31.2 Å². The number of aryl methyl sites for hydroxylation is 1. The third kappa shape index (κ3) is 10.4. The number of carbonyl (C=O) groups excluding carboxylic acids is 3. The van der Waals surface area contributed by atoms with Crippen LogP contribution in [-0.4, -0.2) is 44.4 Å². The molecule has 218 valence electrons. The van der Waals surface area contributed by atoms with Crippen molar-refractivity contribution in [2.45, 2.75) is 26.7 Å². The number of aliphatic imine (C=N–C) groups is 1. The van der Waals surface area contributed by atoms with E-state index in [-0.39, 0.29) is 5.91 Å². The van der Waals surface area contributed by atoms with Crippen molar-refractivity contribution in [3.63, 3.8) is 0 Å². The fourth-order valence-corrected chi connectivity index (χ4v) is 3.69. The number of esters is 2. The number of rotatable bonds is 14. The fourth-order valence-electron chi connectivity index (χ4n) is 3.69. The van der Waals surface area contributed by atoms with Gasteiger partial charge in [0.1, 0.15) is 17.2 Å². The van der Waals surface area contributed by atoms with Crippen LogP contribution in [0, 0.1) is 6.92 Å². The molecule has 3 aromatic carbocycles. The number of ether oxygens (including phenoxy) is 4. The van der Waals surface area contributed by atoms with Gasteiger partial charge in [0.2, 0.25) is 5.91 Å². The quantitative estimate of drug-likeness (QED) is 0.0805. The van der Waals surface area contributed by atoms with E-state index in [9.17, 15) is 14.4 Å². The molecule has 1 N–H and O–H groups in total. The van der Waals surface area contributed by atoms with E-state index in [1.165, 1.54) is 20.1 Å². The van der Waals surface area contributed by atoms with Gasteiger partial charge in [-0.15, -0.1) is 0 Å². The van der Waals surface area contributed by atoms with E-state index >= 15 is 0 Å². The summed E-state index contributed by atoms with van der Waals surface area (Å²) in [5.74, 6) is 0.471. The van der Waals surface area contributed by atoms with E-state index in [2.05, 4.69) is 16.9 Å². The van der Waals surface area contributed by atoms with Crippen molar-refractivity contribution in [1.29, 1.82) is 0 Å². The second-order valence-electron chi connectivity index (χ2n) is 9.10. The first-order valence-corrected chi connectivity index (χ1v) is 13.3. The Kier molecular flexibility index (Phi) is 12.1. The van der Waals surface area contributed by atoms with E-state index in [4.69, 9.17) is 18.9 Å². The SMILES string of the molecule is C=CC(=O)OCCCCOc1ccc(C=Nc2ccc(OC(=O)/C=C/c3ccc(OC)c(NC(C)=O)c3)cc2C)cc1. The molecule has 9 nitrogen and oxygen atoms in total. The van der Waals surface area contributed by atoms with Gasteiger partial charge in [0.25, 0.3) is 0 Å². The monoisotopic (exact) mass is 570 g/mol. The Hall–Kier alpha value is -5.18. The molecule has 0 aliphatic carbocycles. The van der Waals surface area contributed by atoms with Crippen molar-refractivity contribution in [3.05, 3.63) is 96.1 Å². The number of carbonyl (C=O) groups is 3. The molecule has 3 aromatic rings. The van der Waals surface area contributed by atoms with Crippen LogP contribution in [0.5, 0.6) is 17.2 Å². The summed E-state index contributed by atoms with van der Waals surface area (Å²) in [6.45, 7) is 7.51. The molecule has 0 heterocycles. The van der Waals surface area contributed by atoms with Crippen molar-refractivity contribution < 1.29 is 33.3 Å². The number of hydrogen-bond donors (Lipinski definition) is 1. The summed E-state index contributed by atoms with van der Waals surface area (Å²) >= 11 is 0. The molecule has 0 aromatic heterocycles. The minimum atomic E-state index is -0.541. The van der Waals surface area contributed by atoms with Crippen molar-refractivity contribution in [2.75, 3.05) is 25.6 Å². The van der Waals surface area contributed by atoms with E-state index in [1.54, 1.807) is 48.7 Å². The van der Waals surface area contributed by atoms with Gasteiger partial charge in [-0.3, -0.25) is 9.79 Å². The minimum Gasteiger partial charge on any atom is -0.495 e. The van der Waals surface area contributed by atoms with Gasteiger partial charge in [0.15, 0.2) is 0 Å². The zero-order valence-electron chi connectivity index (χ0n) is 23.9. The summed E-state index contributed by atoms with van der Waals surface area (Å²) in [4.78, 5) is 39.4. The molecule has 0 aliphatic rings. The number of nitrogens with one attached hydrogen (secondary N) is 1. The predicted molar refractivity (Wildman–Crippen MR) is 163 cm³/mol. The van der Waals surface area contributed by atoms with Crippen molar-refractivity contribution in [1.82, 2.24) is 0 Å². The largest absolute Gasteiger partial charge is 0.495 e. The summed E-state index contributed by atoms with van der Waals surface area (Å²) in [5.41, 5.74) is 3.69. The zero-order chi connectivity index (χ0) is 30.3. The number of methoxy groups -OCH3 is 1. The standard InChI is InChI=1S/C33H34N2O7/c1-5-32(37)41-19-7-6-18-40-27-12-8-26(9-13-27)22-34-29-15-14-28(20-23(29)2)42-33(38)17-11-25-10-16-31(39-4)30(21-25)35-24(3)36/h5,8-17,20-22H,1,6-7,18-19H2,2-4H3,(H,35,36)/b17-11+,34-22?. The second-order valence-corrected chi connectivity index (χ2v) is 9.10. The van der Waals surface area contributed by atoms with Crippen LogP contribution in [0.4, 0.5) is 11.4 Å². The lowest BCUT2D eigenvalue weighted by atomic mass is 10.1. The average molecular weight is 571 g/mol. The van der Waals surface area contributed by atoms with Crippen LogP contribution >= 0.6 is 0 Å². The van der Waals surface area contributed by atoms with Gasteiger partial charge < -0.3 is 24.3 Å². The minimum absolute atomic E-state index is 0.227. The molecule has 9 heteroatoms. The highest BCUT2D eigenvalue weighted by Crippen LogP contribution is 2.27. The summed E-state index contributed by atoms with van der Waals surface area (Å²) in [7, 11) is 1.51. The van der Waals surface area contributed by atoms with Gasteiger partial charge in [0.05, 0.1) is 31.7 Å². The molecule has 0 saturated heterocycles. The molecule has 1 amide bonds. The average Bonchev–Trinajstić information content (AvgIpc) is 2.97. The maximum absolute atomic E-state index is 12.4. The molecule has 42 heavy (non-hydrogen) atoms. The maximum atomic E-state index is 12.4. The molecule has 0 atom stereocenters. The molecular formula is C33H34N2O7. The first-order valence-electron chi connectivity index (χ1n) is 13.3. The van der Waals surface area contributed by atoms with Crippen molar-refractivity contribution in [3.8, 4) is 17.2 Å². The van der Waals surface area contributed by atoms with Crippen LogP contribution in [0.15, 0.2) is 84.4 Å². The molecule has 0 saturated carbocycles. The third-order valence-electron chi connectivity index (χ3n) is 5.78. The smallest absolute Gasteiger partial charge is 0.336 e. The normalized spacial score (nSPS) is 10.8. The third-order valence-corrected chi connectivity index (χ3v) is 5.78. The summed E-state index contributed by atoms with van der Waals surface area (Å²) < 4.78 is 21.3. The zero-order valence-corrected chi connectivity index (χ0v) is 23.9. The van der Waals surface area contributed by atoms with Gasteiger partial charge in [-0.1, -0.05) is 12.6 Å². The van der Waals surface area contributed by atoms with Gasteiger partial charge in [-0.05, 0) is 97.1 Å². The lowest BCUT2D eigenvalue weighted by Gasteiger charge is -2.09. The number of amides is 1. The van der Waals surface area contributed by atoms with Crippen LogP contribution in [0.25, 0.3) is 6.08 Å². The summed E-state index contributed by atoms with van der Waals surface area (Å²) in [6, 6.07) is 17.9. The number of anilines is 1. The van der Waals surface area contributed by atoms with Gasteiger partial charge in [-0.2, -0.15) is 0 Å². The van der Waals surface area contributed by atoms with Gasteiger partial charge >= 0.3 is 11.9 Å².